The van der Waals surface area contributed by atoms with Crippen LogP contribution in [0.25, 0.3) is 0 Å². The number of hydrogen-bond acceptors (Lipinski definition) is 4. The highest BCUT2D eigenvalue weighted by Gasteiger charge is 2.44. The number of carboxylic acid groups (broad SMARTS) is 1. The van der Waals surface area contributed by atoms with Crippen LogP contribution < -0.4 is 0 Å². The molecule has 1 atom stereocenters. The number of carboxylic acids is 1. The molecule has 1 aromatic carbocycles. The van der Waals surface area contributed by atoms with E-state index < -0.39 is 21.6 Å². The average molecular weight is 337 g/mol. The van der Waals surface area contributed by atoms with Crippen molar-refractivity contribution in [2.24, 2.45) is 0 Å². The first-order valence-corrected chi connectivity index (χ1v) is 8.91. The molecule has 6 nitrogen and oxygen atoms in total. The van der Waals surface area contributed by atoms with Crippen LogP contribution in [-0.4, -0.2) is 49.1 Å². The van der Waals surface area contributed by atoms with Crippen LogP contribution in [0.2, 0.25) is 0 Å². The molecule has 23 heavy (non-hydrogen) atoms. The second-order valence-electron chi connectivity index (χ2n) is 6.04. The highest BCUT2D eigenvalue weighted by molar-refractivity contribution is 7.89. The number of aryl methyl sites for hydroxylation is 1. The van der Waals surface area contributed by atoms with E-state index in [1.54, 1.807) is 6.92 Å². The Hall–Kier alpha value is -1.70. The van der Waals surface area contributed by atoms with Crippen LogP contribution in [0.1, 0.15) is 28.8 Å². The first-order valence-electron chi connectivity index (χ1n) is 7.47. The van der Waals surface area contributed by atoms with Crippen molar-refractivity contribution in [3.63, 3.8) is 0 Å². The summed E-state index contributed by atoms with van der Waals surface area (Å²) in [6.07, 6.45) is 5.31. The molecule has 1 N–H and O–H groups in total. The fraction of sp³-hybridized carbons (Fsp3) is 0.438. The van der Waals surface area contributed by atoms with Crippen molar-refractivity contribution in [2.45, 2.75) is 30.3 Å². The van der Waals surface area contributed by atoms with Gasteiger partial charge in [-0.1, -0.05) is 18.2 Å². The number of nitrogens with zero attached hydrogens (tertiary/aromatic N) is 1. The molecule has 2 aliphatic rings. The minimum atomic E-state index is -3.73. The molecule has 0 aliphatic carbocycles. The molecule has 1 unspecified atom stereocenters. The lowest BCUT2D eigenvalue weighted by atomic mass is 9.97. The zero-order valence-corrected chi connectivity index (χ0v) is 13.7. The lowest BCUT2D eigenvalue weighted by molar-refractivity contribution is -0.0236. The molecule has 0 aromatic heterocycles. The molecular formula is C16H19NO5S. The number of benzene rings is 1. The predicted octanol–water partition coefficient (Wildman–Crippen LogP) is 1.80. The van der Waals surface area contributed by atoms with Crippen molar-refractivity contribution in [1.82, 2.24) is 4.31 Å². The van der Waals surface area contributed by atoms with Gasteiger partial charge in [-0.25, -0.2) is 13.2 Å². The minimum absolute atomic E-state index is 0.0278. The molecule has 124 valence electrons. The number of sulfonamides is 1. The van der Waals surface area contributed by atoms with Gasteiger partial charge in [0.05, 0.1) is 22.7 Å². The van der Waals surface area contributed by atoms with E-state index in [0.29, 0.717) is 38.1 Å². The smallest absolute Gasteiger partial charge is 0.335 e. The van der Waals surface area contributed by atoms with E-state index >= 15 is 0 Å². The van der Waals surface area contributed by atoms with Crippen LogP contribution in [0.15, 0.2) is 35.2 Å². The molecule has 0 saturated carbocycles. The van der Waals surface area contributed by atoms with E-state index in [9.17, 15) is 13.2 Å². The highest BCUT2D eigenvalue weighted by atomic mass is 32.2. The van der Waals surface area contributed by atoms with Gasteiger partial charge in [-0.05, 0) is 37.5 Å². The Labute approximate surface area is 135 Å². The van der Waals surface area contributed by atoms with Gasteiger partial charge in [0.25, 0.3) is 0 Å². The Balaban J connectivity index is 1.92. The van der Waals surface area contributed by atoms with Crippen LogP contribution >= 0.6 is 0 Å². The lowest BCUT2D eigenvalue weighted by Gasteiger charge is -2.30. The Kier molecular flexibility index (Phi) is 4.03. The SMILES string of the molecule is Cc1ccc(C(=O)O)cc1S(=O)(=O)N1CCC2(CC=CCO2)C1. The van der Waals surface area contributed by atoms with Crippen molar-refractivity contribution in [3.05, 3.63) is 41.5 Å². The summed E-state index contributed by atoms with van der Waals surface area (Å²) in [5.74, 6) is -1.14. The maximum atomic E-state index is 12.9. The third-order valence-corrected chi connectivity index (χ3v) is 6.46. The molecule has 1 fully saturated rings. The van der Waals surface area contributed by atoms with Gasteiger partial charge < -0.3 is 9.84 Å². The number of hydrogen-bond donors (Lipinski definition) is 1. The van der Waals surface area contributed by atoms with Crippen LogP contribution in [0.3, 0.4) is 0 Å². The normalized spacial score (nSPS) is 25.1. The second kappa shape index (κ2) is 5.74. The van der Waals surface area contributed by atoms with Crippen LogP contribution in [-0.2, 0) is 14.8 Å². The number of rotatable bonds is 3. The third-order valence-electron chi connectivity index (χ3n) is 4.48. The van der Waals surface area contributed by atoms with E-state index in [2.05, 4.69) is 0 Å². The summed E-state index contributed by atoms with van der Waals surface area (Å²) in [6, 6.07) is 4.18. The van der Waals surface area contributed by atoms with Crippen molar-refractivity contribution in [1.29, 1.82) is 0 Å². The van der Waals surface area contributed by atoms with Gasteiger partial charge in [-0.2, -0.15) is 4.31 Å². The summed E-state index contributed by atoms with van der Waals surface area (Å²) in [5.41, 5.74) is 0.0699. The molecule has 1 aromatic rings. The highest BCUT2D eigenvalue weighted by Crippen LogP contribution is 2.35. The van der Waals surface area contributed by atoms with Crippen molar-refractivity contribution in [3.8, 4) is 0 Å². The summed E-state index contributed by atoms with van der Waals surface area (Å²) in [4.78, 5) is 11.2. The van der Waals surface area contributed by atoms with E-state index in [1.165, 1.54) is 22.5 Å². The summed E-state index contributed by atoms with van der Waals surface area (Å²) < 4.78 is 33.0. The quantitative estimate of drug-likeness (QED) is 0.850. The van der Waals surface area contributed by atoms with Crippen molar-refractivity contribution >= 4 is 16.0 Å². The number of ether oxygens (including phenoxy) is 1. The molecule has 1 saturated heterocycles. The summed E-state index contributed by atoms with van der Waals surface area (Å²) in [6.45, 7) is 2.86. The average Bonchev–Trinajstić information content (AvgIpc) is 2.92. The maximum Gasteiger partial charge on any atom is 0.335 e. The zero-order chi connectivity index (χ0) is 16.7. The molecule has 3 rings (SSSR count). The molecule has 7 heteroatoms. The van der Waals surface area contributed by atoms with E-state index in [0.717, 1.165) is 0 Å². The van der Waals surface area contributed by atoms with Crippen LogP contribution in [0.4, 0.5) is 0 Å². The number of carbonyl (C=O) groups is 1. The second-order valence-corrected chi connectivity index (χ2v) is 7.95. The van der Waals surface area contributed by atoms with E-state index in [4.69, 9.17) is 9.84 Å². The van der Waals surface area contributed by atoms with Gasteiger partial charge in [0, 0.05) is 13.1 Å². The van der Waals surface area contributed by atoms with Gasteiger partial charge >= 0.3 is 5.97 Å². The standard InChI is InChI=1S/C16H19NO5S/c1-12-4-5-13(15(18)19)10-14(12)23(20,21)17-8-7-16(11-17)6-2-3-9-22-16/h2-5,10H,6-9,11H2,1H3,(H,18,19). The van der Waals surface area contributed by atoms with Gasteiger partial charge in [0.2, 0.25) is 10.0 Å². The maximum absolute atomic E-state index is 12.9. The monoisotopic (exact) mass is 337 g/mol. The summed E-state index contributed by atoms with van der Waals surface area (Å²) in [7, 11) is -3.73. The van der Waals surface area contributed by atoms with Gasteiger partial charge in [0.1, 0.15) is 0 Å². The van der Waals surface area contributed by atoms with Gasteiger partial charge in [-0.3, -0.25) is 0 Å². The largest absolute Gasteiger partial charge is 0.478 e. The van der Waals surface area contributed by atoms with E-state index in [-0.39, 0.29) is 10.5 Å². The Morgan fingerprint density at radius 3 is 2.78 bits per heavy atom. The molecule has 1 spiro atoms. The van der Waals surface area contributed by atoms with Crippen LogP contribution in [0.5, 0.6) is 0 Å². The fourth-order valence-electron chi connectivity index (χ4n) is 3.10. The van der Waals surface area contributed by atoms with Crippen molar-refractivity contribution in [2.75, 3.05) is 19.7 Å². The lowest BCUT2D eigenvalue weighted by Crippen LogP contribution is -2.39. The van der Waals surface area contributed by atoms with Gasteiger partial charge in [-0.15, -0.1) is 0 Å². The van der Waals surface area contributed by atoms with E-state index in [1.807, 2.05) is 12.2 Å². The molecule has 0 bridgehead atoms. The molecule has 0 amide bonds. The Morgan fingerprint density at radius 2 is 2.13 bits per heavy atom. The van der Waals surface area contributed by atoms with Crippen LogP contribution in [0, 0.1) is 6.92 Å². The summed E-state index contributed by atoms with van der Waals surface area (Å²) >= 11 is 0. The predicted molar refractivity (Wildman–Crippen MR) is 84.0 cm³/mol. The number of aromatic carboxylic acids is 1. The summed E-state index contributed by atoms with van der Waals surface area (Å²) in [5, 5.41) is 9.09. The molecule has 0 radical (unpaired) electrons. The Bertz CT molecular complexity index is 771. The third kappa shape index (κ3) is 2.91. The first kappa shape index (κ1) is 16.2. The van der Waals surface area contributed by atoms with Crippen molar-refractivity contribution < 1.29 is 23.1 Å². The molecular weight excluding hydrogens is 318 g/mol. The van der Waals surface area contributed by atoms with Gasteiger partial charge in [0.15, 0.2) is 0 Å². The first-order chi connectivity index (χ1) is 10.8. The minimum Gasteiger partial charge on any atom is -0.478 e. The zero-order valence-electron chi connectivity index (χ0n) is 12.9. The molecule has 2 heterocycles. The molecule has 2 aliphatic heterocycles. The fourth-order valence-corrected chi connectivity index (χ4v) is 4.86. The Morgan fingerprint density at radius 1 is 1.35 bits per heavy atom. The topological polar surface area (TPSA) is 83.9 Å².